The topological polar surface area (TPSA) is 41.1 Å². The number of hydrogen-bond donors (Lipinski definition) is 1. The Morgan fingerprint density at radius 3 is 2.79 bits per heavy atom. The van der Waals surface area contributed by atoms with Crippen LogP contribution in [0.25, 0.3) is 11.0 Å². The summed E-state index contributed by atoms with van der Waals surface area (Å²) in [7, 11) is 1.49. The van der Waals surface area contributed by atoms with E-state index in [1.807, 2.05) is 4.90 Å². The minimum Gasteiger partial charge on any atom is -0.497 e. The normalized spacial score (nSPS) is 17.1. The molecule has 6 heteroatoms. The molecular formula is C13H15F2N3O. The molecule has 1 fully saturated rings. The molecule has 1 aromatic carbocycles. The molecule has 1 aliphatic rings. The number of fused-ring (bicyclic) bond motifs is 1. The van der Waals surface area contributed by atoms with E-state index in [-0.39, 0.29) is 5.52 Å². The SMILES string of the molecule is COc1cc(F)c2nc(N3CCC(F)CC3)[nH]c2c1. The van der Waals surface area contributed by atoms with Crippen LogP contribution in [0.5, 0.6) is 5.75 Å². The first-order valence-electron chi connectivity index (χ1n) is 6.29. The number of methoxy groups -OCH3 is 1. The van der Waals surface area contributed by atoms with E-state index in [1.165, 1.54) is 13.2 Å². The number of aromatic amines is 1. The van der Waals surface area contributed by atoms with Crippen molar-refractivity contribution in [3.63, 3.8) is 0 Å². The highest BCUT2D eigenvalue weighted by Gasteiger charge is 2.21. The zero-order valence-electron chi connectivity index (χ0n) is 10.6. The quantitative estimate of drug-likeness (QED) is 0.909. The fraction of sp³-hybridized carbons (Fsp3) is 0.462. The summed E-state index contributed by atoms with van der Waals surface area (Å²) in [6, 6.07) is 3.01. The van der Waals surface area contributed by atoms with E-state index < -0.39 is 12.0 Å². The molecule has 3 rings (SSSR count). The molecule has 0 radical (unpaired) electrons. The average Bonchev–Trinajstić information content (AvgIpc) is 2.84. The van der Waals surface area contributed by atoms with Crippen LogP contribution >= 0.6 is 0 Å². The lowest BCUT2D eigenvalue weighted by Gasteiger charge is -2.28. The molecule has 0 saturated carbocycles. The lowest BCUT2D eigenvalue weighted by Crippen LogP contribution is -2.34. The second kappa shape index (κ2) is 4.68. The standard InChI is InChI=1S/C13H15F2N3O/c1-19-9-6-10(15)12-11(7-9)16-13(17-12)18-4-2-8(14)3-5-18/h6-8H,2-5H2,1H3,(H,16,17). The molecule has 4 nitrogen and oxygen atoms in total. The molecule has 0 unspecified atom stereocenters. The number of benzene rings is 1. The van der Waals surface area contributed by atoms with Gasteiger partial charge in [-0.05, 0) is 12.8 Å². The van der Waals surface area contributed by atoms with Gasteiger partial charge in [0.05, 0.1) is 12.6 Å². The maximum Gasteiger partial charge on any atom is 0.203 e. The Balaban J connectivity index is 1.95. The summed E-state index contributed by atoms with van der Waals surface area (Å²) in [5, 5.41) is 0. The van der Waals surface area contributed by atoms with Crippen LogP contribution < -0.4 is 9.64 Å². The lowest BCUT2D eigenvalue weighted by atomic mass is 10.1. The summed E-state index contributed by atoms with van der Waals surface area (Å²) < 4.78 is 32.0. The van der Waals surface area contributed by atoms with E-state index in [1.54, 1.807) is 6.07 Å². The van der Waals surface area contributed by atoms with Crippen molar-refractivity contribution in [3.8, 4) is 5.75 Å². The van der Waals surface area contributed by atoms with Crippen LogP contribution in [0.15, 0.2) is 12.1 Å². The summed E-state index contributed by atoms with van der Waals surface area (Å²) in [6.07, 6.45) is 0.239. The maximum atomic E-state index is 13.8. The molecular weight excluding hydrogens is 252 g/mol. The molecule has 102 valence electrons. The summed E-state index contributed by atoms with van der Waals surface area (Å²) >= 11 is 0. The number of halogens is 2. The molecule has 1 saturated heterocycles. The number of ether oxygens (including phenoxy) is 1. The van der Waals surface area contributed by atoms with Gasteiger partial charge in [-0.3, -0.25) is 0 Å². The van der Waals surface area contributed by atoms with E-state index in [9.17, 15) is 8.78 Å². The fourth-order valence-corrected chi connectivity index (χ4v) is 2.36. The van der Waals surface area contributed by atoms with Gasteiger partial charge in [0.25, 0.3) is 0 Å². The predicted molar refractivity (Wildman–Crippen MR) is 68.9 cm³/mol. The molecule has 0 spiro atoms. The molecule has 0 bridgehead atoms. The molecule has 2 aromatic rings. The third-order valence-corrected chi connectivity index (χ3v) is 3.46. The van der Waals surface area contributed by atoms with Gasteiger partial charge in [-0.15, -0.1) is 0 Å². The maximum absolute atomic E-state index is 13.8. The number of hydrogen-bond acceptors (Lipinski definition) is 3. The number of imidazole rings is 1. The van der Waals surface area contributed by atoms with Crippen LogP contribution in [0.2, 0.25) is 0 Å². The molecule has 1 aromatic heterocycles. The Morgan fingerprint density at radius 1 is 1.37 bits per heavy atom. The van der Waals surface area contributed by atoms with Gasteiger partial charge in [-0.2, -0.15) is 0 Å². The van der Waals surface area contributed by atoms with Crippen LogP contribution in [0.1, 0.15) is 12.8 Å². The molecule has 1 aliphatic heterocycles. The minimum absolute atomic E-state index is 0.290. The lowest BCUT2D eigenvalue weighted by molar-refractivity contribution is 0.276. The second-order valence-corrected chi connectivity index (χ2v) is 4.73. The monoisotopic (exact) mass is 267 g/mol. The van der Waals surface area contributed by atoms with Crippen molar-refractivity contribution in [2.75, 3.05) is 25.1 Å². The van der Waals surface area contributed by atoms with Crippen LogP contribution in [0.3, 0.4) is 0 Å². The molecule has 1 N–H and O–H groups in total. The van der Waals surface area contributed by atoms with Crippen LogP contribution in [-0.2, 0) is 0 Å². The third-order valence-electron chi connectivity index (χ3n) is 3.46. The number of H-pyrrole nitrogens is 1. The number of rotatable bonds is 2. The number of alkyl halides is 1. The van der Waals surface area contributed by atoms with Gasteiger partial charge in [0.2, 0.25) is 5.95 Å². The highest BCUT2D eigenvalue weighted by atomic mass is 19.1. The Labute approximate surface area is 109 Å². The van der Waals surface area contributed by atoms with Crippen molar-refractivity contribution >= 4 is 17.0 Å². The van der Waals surface area contributed by atoms with Crippen molar-refractivity contribution in [2.24, 2.45) is 0 Å². The minimum atomic E-state index is -0.738. The smallest absolute Gasteiger partial charge is 0.203 e. The zero-order valence-corrected chi connectivity index (χ0v) is 10.6. The molecule has 0 amide bonds. The van der Waals surface area contributed by atoms with Gasteiger partial charge in [-0.1, -0.05) is 0 Å². The van der Waals surface area contributed by atoms with E-state index >= 15 is 0 Å². The van der Waals surface area contributed by atoms with Gasteiger partial charge in [0.1, 0.15) is 17.4 Å². The molecule has 0 aliphatic carbocycles. The summed E-state index contributed by atoms with van der Waals surface area (Å²) in [6.45, 7) is 1.19. The summed E-state index contributed by atoms with van der Waals surface area (Å²) in [4.78, 5) is 9.27. The van der Waals surface area contributed by atoms with E-state index in [0.717, 1.165) is 0 Å². The summed E-state index contributed by atoms with van der Waals surface area (Å²) in [5.74, 6) is 0.619. The van der Waals surface area contributed by atoms with Gasteiger partial charge < -0.3 is 14.6 Å². The largest absolute Gasteiger partial charge is 0.497 e. The van der Waals surface area contributed by atoms with Crippen molar-refractivity contribution in [3.05, 3.63) is 17.9 Å². The predicted octanol–water partition coefficient (Wildman–Crippen LogP) is 2.65. The highest BCUT2D eigenvalue weighted by Crippen LogP contribution is 2.26. The van der Waals surface area contributed by atoms with E-state index in [0.29, 0.717) is 43.1 Å². The second-order valence-electron chi connectivity index (χ2n) is 4.73. The van der Waals surface area contributed by atoms with Crippen molar-refractivity contribution in [2.45, 2.75) is 19.0 Å². The Morgan fingerprint density at radius 2 is 2.11 bits per heavy atom. The van der Waals surface area contributed by atoms with Crippen molar-refractivity contribution in [1.29, 1.82) is 0 Å². The number of aromatic nitrogens is 2. The van der Waals surface area contributed by atoms with Crippen LogP contribution in [0.4, 0.5) is 14.7 Å². The van der Waals surface area contributed by atoms with E-state index in [2.05, 4.69) is 9.97 Å². The van der Waals surface area contributed by atoms with Gasteiger partial charge >= 0.3 is 0 Å². The molecule has 0 atom stereocenters. The molecule has 2 heterocycles. The Hall–Kier alpha value is -1.85. The van der Waals surface area contributed by atoms with E-state index in [4.69, 9.17) is 4.74 Å². The van der Waals surface area contributed by atoms with Crippen LogP contribution in [0, 0.1) is 5.82 Å². The summed E-state index contributed by atoms with van der Waals surface area (Å²) in [5.41, 5.74) is 0.882. The van der Waals surface area contributed by atoms with Gasteiger partial charge in [-0.25, -0.2) is 13.8 Å². The Kier molecular flexibility index (Phi) is 3.00. The first-order valence-corrected chi connectivity index (χ1v) is 6.29. The van der Waals surface area contributed by atoms with Crippen molar-refractivity contribution < 1.29 is 13.5 Å². The number of piperidine rings is 1. The number of nitrogens with one attached hydrogen (secondary N) is 1. The number of nitrogens with zero attached hydrogens (tertiary/aromatic N) is 2. The fourth-order valence-electron chi connectivity index (χ4n) is 2.36. The Bertz CT molecular complexity index is 591. The van der Waals surface area contributed by atoms with Gasteiger partial charge in [0, 0.05) is 25.2 Å². The number of anilines is 1. The average molecular weight is 267 g/mol. The molecule has 19 heavy (non-hydrogen) atoms. The van der Waals surface area contributed by atoms with Crippen LogP contribution in [-0.4, -0.2) is 36.3 Å². The first-order chi connectivity index (χ1) is 9.17. The first kappa shape index (κ1) is 12.2. The zero-order chi connectivity index (χ0) is 13.4. The third kappa shape index (κ3) is 2.22. The van der Waals surface area contributed by atoms with Gasteiger partial charge in [0.15, 0.2) is 5.82 Å². The van der Waals surface area contributed by atoms with Crippen molar-refractivity contribution in [1.82, 2.24) is 9.97 Å². The highest BCUT2D eigenvalue weighted by molar-refractivity contribution is 5.80.